The quantitative estimate of drug-likeness (QED) is 0.582. The zero-order chi connectivity index (χ0) is 18.9. The van der Waals surface area contributed by atoms with Gasteiger partial charge < -0.3 is 9.88 Å². The lowest BCUT2D eigenvalue weighted by Crippen LogP contribution is -2.38. The van der Waals surface area contributed by atoms with Crippen LogP contribution in [-0.4, -0.2) is 38.4 Å². The van der Waals surface area contributed by atoms with Gasteiger partial charge in [0, 0.05) is 35.9 Å². The van der Waals surface area contributed by atoms with Crippen LogP contribution in [0.5, 0.6) is 0 Å². The van der Waals surface area contributed by atoms with Crippen LogP contribution < -0.4 is 0 Å². The summed E-state index contributed by atoms with van der Waals surface area (Å²) in [6.07, 6.45) is 7.47. The van der Waals surface area contributed by atoms with Gasteiger partial charge in [-0.25, -0.2) is 4.98 Å². The second-order valence-corrected chi connectivity index (χ2v) is 7.34. The number of carbonyl (C=O) groups is 1. The van der Waals surface area contributed by atoms with E-state index in [2.05, 4.69) is 40.4 Å². The van der Waals surface area contributed by atoms with Gasteiger partial charge in [-0.2, -0.15) is 0 Å². The van der Waals surface area contributed by atoms with E-state index in [1.807, 2.05) is 39.8 Å². The highest BCUT2D eigenvalue weighted by Crippen LogP contribution is 2.33. The van der Waals surface area contributed by atoms with E-state index in [1.165, 1.54) is 16.5 Å². The predicted molar refractivity (Wildman–Crippen MR) is 110 cm³/mol. The number of amides is 1. The van der Waals surface area contributed by atoms with Crippen molar-refractivity contribution in [3.8, 4) is 5.69 Å². The van der Waals surface area contributed by atoms with Crippen LogP contribution in [0.15, 0.2) is 73.3 Å². The maximum absolute atomic E-state index is 13.1. The maximum Gasteiger partial charge on any atom is 0.272 e. The first-order valence-electron chi connectivity index (χ1n) is 9.74. The summed E-state index contributed by atoms with van der Waals surface area (Å²) in [4.78, 5) is 22.7. The van der Waals surface area contributed by atoms with Crippen LogP contribution >= 0.6 is 0 Å². The number of para-hydroxylation sites is 2. The molecule has 0 bridgehead atoms. The normalized spacial score (nSPS) is 15.2. The molecular formula is C23H22N4O. The number of nitrogens with zero attached hydrogens (tertiary/aromatic N) is 3. The highest BCUT2D eigenvalue weighted by atomic mass is 16.2. The fraction of sp³-hybridized carbons (Fsp3) is 0.217. The number of nitrogens with one attached hydrogen (secondary N) is 1. The monoisotopic (exact) mass is 370 g/mol. The number of piperidine rings is 1. The van der Waals surface area contributed by atoms with Gasteiger partial charge in [0.05, 0.1) is 12.5 Å². The molecule has 1 aliphatic heterocycles. The Balaban J connectivity index is 1.33. The van der Waals surface area contributed by atoms with Crippen molar-refractivity contribution in [3.63, 3.8) is 0 Å². The lowest BCUT2D eigenvalue weighted by atomic mass is 9.89. The predicted octanol–water partition coefficient (Wildman–Crippen LogP) is 4.37. The molecule has 28 heavy (non-hydrogen) atoms. The summed E-state index contributed by atoms with van der Waals surface area (Å²) in [5, 5.41) is 1.30. The number of hydrogen-bond acceptors (Lipinski definition) is 2. The van der Waals surface area contributed by atoms with Gasteiger partial charge in [0.25, 0.3) is 5.91 Å². The van der Waals surface area contributed by atoms with Crippen LogP contribution in [0.3, 0.4) is 0 Å². The van der Waals surface area contributed by atoms with E-state index in [9.17, 15) is 4.79 Å². The number of H-pyrrole nitrogens is 1. The summed E-state index contributed by atoms with van der Waals surface area (Å²) >= 11 is 0. The van der Waals surface area contributed by atoms with Gasteiger partial charge in [-0.05, 0) is 42.5 Å². The molecule has 1 N–H and O–H groups in total. The molecule has 5 rings (SSSR count). The van der Waals surface area contributed by atoms with E-state index in [0.717, 1.165) is 31.6 Å². The Morgan fingerprint density at radius 2 is 1.75 bits per heavy atom. The molecule has 0 atom stereocenters. The SMILES string of the molecule is O=C(c1cncn1-c1ccccc1)N1CCC(c2c[nH]c3ccccc23)CC1. The van der Waals surface area contributed by atoms with E-state index in [-0.39, 0.29) is 5.91 Å². The third kappa shape index (κ3) is 2.89. The second-order valence-electron chi connectivity index (χ2n) is 7.34. The van der Waals surface area contributed by atoms with Gasteiger partial charge >= 0.3 is 0 Å². The van der Waals surface area contributed by atoms with Crippen molar-refractivity contribution in [1.82, 2.24) is 19.4 Å². The molecule has 1 saturated heterocycles. The molecule has 0 saturated carbocycles. The zero-order valence-corrected chi connectivity index (χ0v) is 15.6. The van der Waals surface area contributed by atoms with Crippen molar-refractivity contribution < 1.29 is 4.79 Å². The molecular weight excluding hydrogens is 348 g/mol. The molecule has 1 amide bonds. The summed E-state index contributed by atoms with van der Waals surface area (Å²) < 4.78 is 1.87. The minimum absolute atomic E-state index is 0.0544. The van der Waals surface area contributed by atoms with Gasteiger partial charge in [0.2, 0.25) is 0 Å². The molecule has 1 aliphatic rings. The maximum atomic E-state index is 13.1. The number of fused-ring (bicyclic) bond motifs is 1. The minimum atomic E-state index is 0.0544. The number of likely N-dealkylation sites (tertiary alicyclic amines) is 1. The second kappa shape index (κ2) is 7.00. The lowest BCUT2D eigenvalue weighted by Gasteiger charge is -2.32. The molecule has 5 nitrogen and oxygen atoms in total. The number of aromatic amines is 1. The van der Waals surface area contributed by atoms with Gasteiger partial charge in [0.15, 0.2) is 0 Å². The van der Waals surface area contributed by atoms with Crippen LogP contribution in [0.2, 0.25) is 0 Å². The largest absolute Gasteiger partial charge is 0.361 e. The minimum Gasteiger partial charge on any atom is -0.361 e. The topological polar surface area (TPSA) is 53.9 Å². The number of aromatic nitrogens is 3. The van der Waals surface area contributed by atoms with Crippen molar-refractivity contribution in [2.45, 2.75) is 18.8 Å². The molecule has 0 radical (unpaired) electrons. The van der Waals surface area contributed by atoms with Crippen molar-refractivity contribution in [1.29, 1.82) is 0 Å². The van der Waals surface area contributed by atoms with Crippen molar-refractivity contribution >= 4 is 16.8 Å². The summed E-state index contributed by atoms with van der Waals surface area (Å²) in [5.74, 6) is 0.540. The molecule has 140 valence electrons. The van der Waals surface area contributed by atoms with Crippen LogP contribution in [0.4, 0.5) is 0 Å². The fourth-order valence-corrected chi connectivity index (χ4v) is 4.23. The van der Waals surface area contributed by atoms with Gasteiger partial charge in [0.1, 0.15) is 5.69 Å². The number of carbonyl (C=O) groups excluding carboxylic acids is 1. The third-order valence-corrected chi connectivity index (χ3v) is 5.74. The van der Waals surface area contributed by atoms with Crippen LogP contribution in [-0.2, 0) is 0 Å². The zero-order valence-electron chi connectivity index (χ0n) is 15.6. The van der Waals surface area contributed by atoms with Crippen LogP contribution in [0.1, 0.15) is 34.8 Å². The molecule has 1 fully saturated rings. The Kier molecular flexibility index (Phi) is 4.20. The van der Waals surface area contributed by atoms with Crippen LogP contribution in [0.25, 0.3) is 16.6 Å². The first-order valence-corrected chi connectivity index (χ1v) is 9.74. The Morgan fingerprint density at radius 3 is 2.57 bits per heavy atom. The van der Waals surface area contributed by atoms with E-state index in [0.29, 0.717) is 11.6 Å². The molecule has 2 aromatic heterocycles. The summed E-state index contributed by atoms with van der Waals surface area (Å²) in [5.41, 5.74) is 4.13. The Hall–Kier alpha value is -3.34. The third-order valence-electron chi connectivity index (χ3n) is 5.74. The molecule has 4 aromatic rings. The number of imidazole rings is 1. The van der Waals surface area contributed by atoms with E-state index in [4.69, 9.17) is 0 Å². The molecule has 5 heteroatoms. The molecule has 0 spiro atoms. The Morgan fingerprint density at radius 1 is 1.00 bits per heavy atom. The van der Waals surface area contributed by atoms with E-state index < -0.39 is 0 Å². The Labute approximate surface area is 163 Å². The summed E-state index contributed by atoms with van der Waals surface area (Å²) in [6.45, 7) is 1.53. The molecule has 0 unspecified atom stereocenters. The van der Waals surface area contributed by atoms with Gasteiger partial charge in [-0.15, -0.1) is 0 Å². The average molecular weight is 370 g/mol. The fourth-order valence-electron chi connectivity index (χ4n) is 4.23. The van der Waals surface area contributed by atoms with Gasteiger partial charge in [-0.3, -0.25) is 9.36 Å². The number of rotatable bonds is 3. The highest BCUT2D eigenvalue weighted by Gasteiger charge is 2.27. The molecule has 3 heterocycles. The van der Waals surface area contributed by atoms with Crippen molar-refractivity contribution in [2.24, 2.45) is 0 Å². The Bertz CT molecular complexity index is 1100. The standard InChI is InChI=1S/C23H22N4O/c28-23(22-15-24-16-27(22)18-6-2-1-3-7-18)26-12-10-17(11-13-26)20-14-25-21-9-5-4-8-19(20)21/h1-9,14-17,25H,10-13H2. The molecule has 2 aromatic carbocycles. The van der Waals surface area contributed by atoms with Gasteiger partial charge in [-0.1, -0.05) is 36.4 Å². The summed E-state index contributed by atoms with van der Waals surface area (Å²) in [6, 6.07) is 18.3. The number of hydrogen-bond donors (Lipinski definition) is 1. The molecule has 0 aliphatic carbocycles. The average Bonchev–Trinajstić information content (AvgIpc) is 3.41. The van der Waals surface area contributed by atoms with Crippen LogP contribution in [0, 0.1) is 0 Å². The summed E-state index contributed by atoms with van der Waals surface area (Å²) in [7, 11) is 0. The van der Waals surface area contributed by atoms with E-state index in [1.54, 1.807) is 12.5 Å². The van der Waals surface area contributed by atoms with Crippen molar-refractivity contribution in [3.05, 3.63) is 84.6 Å². The first-order chi connectivity index (χ1) is 13.8. The smallest absolute Gasteiger partial charge is 0.272 e. The van der Waals surface area contributed by atoms with E-state index >= 15 is 0 Å². The lowest BCUT2D eigenvalue weighted by molar-refractivity contribution is 0.0705. The number of benzene rings is 2. The highest BCUT2D eigenvalue weighted by molar-refractivity contribution is 5.93. The first kappa shape index (κ1) is 16.8. The van der Waals surface area contributed by atoms with Crippen molar-refractivity contribution in [2.75, 3.05) is 13.1 Å².